The zero-order valence-electron chi connectivity index (χ0n) is 8.66. The largest absolute Gasteiger partial charge is 0.368 e. The quantitative estimate of drug-likeness (QED) is 0.872. The number of halogens is 1. The first-order valence-electron chi connectivity index (χ1n) is 5.28. The van der Waals surface area contributed by atoms with Crippen LogP contribution in [-0.2, 0) is 12.8 Å². The van der Waals surface area contributed by atoms with Crippen molar-refractivity contribution < 1.29 is 4.52 Å². The van der Waals surface area contributed by atoms with Crippen molar-refractivity contribution in [3.8, 4) is 11.3 Å². The summed E-state index contributed by atoms with van der Waals surface area (Å²) in [6.45, 7) is 0. The number of nitrogens with zero attached hydrogens (tertiary/aromatic N) is 1. The van der Waals surface area contributed by atoms with Crippen LogP contribution in [0.1, 0.15) is 17.5 Å². The third kappa shape index (κ3) is 1.53. The zero-order valence-corrected chi connectivity index (χ0v) is 10.3. The van der Waals surface area contributed by atoms with E-state index in [4.69, 9.17) is 10.3 Å². The van der Waals surface area contributed by atoms with Gasteiger partial charge in [0.25, 0.3) is 0 Å². The third-order valence-corrected chi connectivity index (χ3v) is 3.44. The Balaban J connectivity index is 2.20. The summed E-state index contributed by atoms with van der Waals surface area (Å²) in [5, 5.41) is 3.98. The fourth-order valence-corrected chi connectivity index (χ4v) is 2.82. The molecular formula is C12H11BrN2O. The summed E-state index contributed by atoms with van der Waals surface area (Å²) in [7, 11) is 0. The molecule has 1 heterocycles. The second-order valence-corrected chi connectivity index (χ2v) is 4.97. The number of hydrogen-bond acceptors (Lipinski definition) is 3. The van der Waals surface area contributed by atoms with Crippen LogP contribution < -0.4 is 5.73 Å². The first-order valence-corrected chi connectivity index (χ1v) is 6.07. The number of benzene rings is 1. The van der Waals surface area contributed by atoms with E-state index >= 15 is 0 Å². The fraction of sp³-hybridized carbons (Fsp3) is 0.250. The molecule has 82 valence electrons. The SMILES string of the molecule is Nc1cc(-c2cc(Br)cc3c2CCC3)no1. The van der Waals surface area contributed by atoms with E-state index < -0.39 is 0 Å². The first-order chi connectivity index (χ1) is 7.74. The fourth-order valence-electron chi connectivity index (χ4n) is 2.31. The average Bonchev–Trinajstić information content (AvgIpc) is 2.84. The summed E-state index contributed by atoms with van der Waals surface area (Å²) in [5.74, 6) is 0.363. The highest BCUT2D eigenvalue weighted by Gasteiger charge is 2.18. The van der Waals surface area contributed by atoms with Crippen LogP contribution in [0.2, 0.25) is 0 Å². The Bertz CT molecular complexity index is 548. The molecule has 0 aliphatic heterocycles. The molecule has 0 saturated carbocycles. The van der Waals surface area contributed by atoms with E-state index in [-0.39, 0.29) is 0 Å². The van der Waals surface area contributed by atoms with Gasteiger partial charge in [0.2, 0.25) is 5.88 Å². The number of anilines is 1. The van der Waals surface area contributed by atoms with Crippen LogP contribution in [0.25, 0.3) is 11.3 Å². The van der Waals surface area contributed by atoms with E-state index in [0.29, 0.717) is 5.88 Å². The van der Waals surface area contributed by atoms with Crippen LogP contribution in [0.5, 0.6) is 0 Å². The number of hydrogen-bond donors (Lipinski definition) is 1. The summed E-state index contributed by atoms with van der Waals surface area (Å²) < 4.78 is 6.02. The Labute approximate surface area is 102 Å². The number of nitrogen functional groups attached to an aromatic ring is 1. The van der Waals surface area contributed by atoms with E-state index in [2.05, 4.69) is 33.2 Å². The van der Waals surface area contributed by atoms with Crippen LogP contribution in [0, 0.1) is 0 Å². The predicted molar refractivity (Wildman–Crippen MR) is 66.1 cm³/mol. The molecule has 2 N–H and O–H groups in total. The van der Waals surface area contributed by atoms with Gasteiger partial charge in [0.05, 0.1) is 0 Å². The minimum atomic E-state index is 0.363. The monoisotopic (exact) mass is 278 g/mol. The van der Waals surface area contributed by atoms with Crippen molar-refractivity contribution in [1.29, 1.82) is 0 Å². The predicted octanol–water partition coefficient (Wildman–Crippen LogP) is 3.18. The van der Waals surface area contributed by atoms with Crippen LogP contribution in [0.4, 0.5) is 5.88 Å². The Morgan fingerprint density at radius 2 is 2.12 bits per heavy atom. The maximum atomic E-state index is 5.56. The molecule has 2 aromatic rings. The van der Waals surface area contributed by atoms with E-state index in [0.717, 1.165) is 28.6 Å². The minimum Gasteiger partial charge on any atom is -0.368 e. The summed E-state index contributed by atoms with van der Waals surface area (Å²) in [4.78, 5) is 0. The molecule has 0 bridgehead atoms. The maximum Gasteiger partial charge on any atom is 0.222 e. The highest BCUT2D eigenvalue weighted by Crippen LogP contribution is 2.35. The van der Waals surface area contributed by atoms with Crippen LogP contribution in [0.15, 0.2) is 27.2 Å². The van der Waals surface area contributed by atoms with E-state index in [1.54, 1.807) is 6.07 Å². The number of aryl methyl sites for hydroxylation is 1. The second-order valence-electron chi connectivity index (χ2n) is 4.06. The Morgan fingerprint density at radius 1 is 1.25 bits per heavy atom. The van der Waals surface area contributed by atoms with E-state index in [9.17, 15) is 0 Å². The molecule has 1 aromatic heterocycles. The number of rotatable bonds is 1. The molecular weight excluding hydrogens is 268 g/mol. The molecule has 0 spiro atoms. The first kappa shape index (κ1) is 9.90. The molecule has 0 unspecified atom stereocenters. The van der Waals surface area contributed by atoms with Gasteiger partial charge in [-0.05, 0) is 42.5 Å². The lowest BCUT2D eigenvalue weighted by atomic mass is 10.0. The lowest BCUT2D eigenvalue weighted by Crippen LogP contribution is -1.89. The number of aromatic nitrogens is 1. The van der Waals surface area contributed by atoms with Gasteiger partial charge >= 0.3 is 0 Å². The minimum absolute atomic E-state index is 0.363. The van der Waals surface area contributed by atoms with E-state index in [1.165, 1.54) is 17.5 Å². The standard InChI is InChI=1S/C12H11BrN2O/c13-8-4-7-2-1-3-9(7)10(5-8)11-6-12(14)16-15-11/h4-6H,1-3,14H2. The summed E-state index contributed by atoms with van der Waals surface area (Å²) in [6.07, 6.45) is 3.48. The van der Waals surface area contributed by atoms with Crippen molar-refractivity contribution in [2.24, 2.45) is 0 Å². The maximum absolute atomic E-state index is 5.56. The Hall–Kier alpha value is -1.29. The number of fused-ring (bicyclic) bond motifs is 1. The van der Waals surface area contributed by atoms with Crippen molar-refractivity contribution in [2.75, 3.05) is 5.73 Å². The van der Waals surface area contributed by atoms with Gasteiger partial charge < -0.3 is 10.3 Å². The highest BCUT2D eigenvalue weighted by atomic mass is 79.9. The topological polar surface area (TPSA) is 52.0 Å². The molecule has 0 radical (unpaired) electrons. The van der Waals surface area contributed by atoms with Crippen LogP contribution in [0.3, 0.4) is 0 Å². The van der Waals surface area contributed by atoms with Crippen molar-refractivity contribution in [3.63, 3.8) is 0 Å². The summed E-state index contributed by atoms with van der Waals surface area (Å²) in [5.41, 5.74) is 10.3. The van der Waals surface area contributed by atoms with Gasteiger partial charge in [0.15, 0.2) is 0 Å². The molecule has 4 heteroatoms. The number of nitrogens with two attached hydrogens (primary N) is 1. The average molecular weight is 279 g/mol. The van der Waals surface area contributed by atoms with Crippen LogP contribution in [-0.4, -0.2) is 5.16 Å². The van der Waals surface area contributed by atoms with Crippen molar-refractivity contribution in [1.82, 2.24) is 5.16 Å². The molecule has 1 aromatic carbocycles. The molecule has 0 atom stereocenters. The van der Waals surface area contributed by atoms with Crippen molar-refractivity contribution in [3.05, 3.63) is 33.8 Å². The molecule has 0 fully saturated rings. The van der Waals surface area contributed by atoms with Crippen LogP contribution >= 0.6 is 15.9 Å². The van der Waals surface area contributed by atoms with Gasteiger partial charge in [-0.3, -0.25) is 0 Å². The lowest BCUT2D eigenvalue weighted by molar-refractivity contribution is 0.439. The third-order valence-electron chi connectivity index (χ3n) is 2.98. The van der Waals surface area contributed by atoms with Gasteiger partial charge in [-0.25, -0.2) is 0 Å². The zero-order chi connectivity index (χ0) is 11.1. The van der Waals surface area contributed by atoms with Gasteiger partial charge in [0.1, 0.15) is 5.69 Å². The lowest BCUT2D eigenvalue weighted by Gasteiger charge is -2.06. The second kappa shape index (κ2) is 3.63. The van der Waals surface area contributed by atoms with Gasteiger partial charge in [-0.2, -0.15) is 0 Å². The van der Waals surface area contributed by atoms with Crippen molar-refractivity contribution >= 4 is 21.8 Å². The van der Waals surface area contributed by atoms with E-state index in [1.807, 2.05) is 0 Å². The molecule has 1 aliphatic carbocycles. The molecule has 0 saturated heterocycles. The molecule has 16 heavy (non-hydrogen) atoms. The molecule has 3 nitrogen and oxygen atoms in total. The summed E-state index contributed by atoms with van der Waals surface area (Å²) >= 11 is 3.53. The van der Waals surface area contributed by atoms with Gasteiger partial charge in [-0.15, -0.1) is 0 Å². The molecule has 0 amide bonds. The highest BCUT2D eigenvalue weighted by molar-refractivity contribution is 9.10. The van der Waals surface area contributed by atoms with Gasteiger partial charge in [-0.1, -0.05) is 21.1 Å². The molecule has 3 rings (SSSR count). The summed E-state index contributed by atoms with van der Waals surface area (Å²) in [6, 6.07) is 6.05. The van der Waals surface area contributed by atoms with Gasteiger partial charge in [0, 0.05) is 16.1 Å². The Morgan fingerprint density at radius 3 is 2.88 bits per heavy atom. The smallest absolute Gasteiger partial charge is 0.222 e. The molecule has 1 aliphatic rings. The Kier molecular flexibility index (Phi) is 2.24. The normalized spacial score (nSPS) is 14.1. The van der Waals surface area contributed by atoms with Crippen molar-refractivity contribution in [2.45, 2.75) is 19.3 Å².